The zero-order valence-corrected chi connectivity index (χ0v) is 32.4. The molecule has 0 radical (unpaired) electrons. The number of rotatable bonds is 11. The summed E-state index contributed by atoms with van der Waals surface area (Å²) in [5.41, 5.74) is 1.51. The second-order valence-electron chi connectivity index (χ2n) is 14.6. The molecule has 0 aliphatic carbocycles. The maximum absolute atomic E-state index is 15.3. The van der Waals surface area contributed by atoms with Crippen molar-refractivity contribution in [1.82, 2.24) is 45.0 Å². The Labute approximate surface area is 344 Å². The summed E-state index contributed by atoms with van der Waals surface area (Å²) < 4.78 is 52.2. The van der Waals surface area contributed by atoms with E-state index in [2.05, 4.69) is 42.7 Å². The summed E-state index contributed by atoms with van der Waals surface area (Å²) in [4.78, 5) is 74.7. The second-order valence-corrected chi connectivity index (χ2v) is 14.6. The number of imide groups is 2. The number of benzene rings is 3. The van der Waals surface area contributed by atoms with E-state index in [1.54, 1.807) is 35.2 Å². The lowest BCUT2D eigenvalue weighted by atomic mass is 10.0. The SMILES string of the molecule is O=C1CCC(N2C(=O)c3cccc(OCCCCC#Cc4cc5[nH]c(CNc6nc(N7CCNCC7)nc7c6ncn7-c6cccc(F)c6)nc5c(F)c4F)c3C2=O)C(=O)N1. The molecule has 2 saturated heterocycles. The molecule has 19 heteroatoms. The highest BCUT2D eigenvalue weighted by atomic mass is 19.2. The molecule has 16 nitrogen and oxygen atoms in total. The largest absolute Gasteiger partial charge is 0.493 e. The Balaban J connectivity index is 0.845. The number of piperidine rings is 1. The van der Waals surface area contributed by atoms with Crippen LogP contribution in [0, 0.1) is 29.3 Å². The van der Waals surface area contributed by atoms with E-state index < -0.39 is 47.1 Å². The number of unbranched alkanes of at least 4 members (excludes halogenated alkanes) is 2. The standard InChI is InChI=1S/C42H36F3N11O5/c43-24-8-5-9-25(20-24)55-22-48-36-37(52-42(53-38(36)55)54-16-14-46-15-17-54)47-21-30-49-27-19-23(33(44)34(45)35(27)50-30)7-3-1-2-4-18-61-29-11-6-10-26-32(29)41(60)56(40(26)59)28-12-13-31(57)51-39(28)58/h5-6,8-11,19-20,22,28,46H,1-2,4,12-18,21H2,(H,49,50)(H,47,52,53)(H,51,57,58). The molecule has 6 heterocycles. The van der Waals surface area contributed by atoms with Crippen LogP contribution in [0.3, 0.4) is 0 Å². The molecule has 9 rings (SSSR count). The lowest BCUT2D eigenvalue weighted by Crippen LogP contribution is -2.54. The maximum Gasteiger partial charge on any atom is 0.266 e. The fourth-order valence-corrected chi connectivity index (χ4v) is 7.57. The summed E-state index contributed by atoms with van der Waals surface area (Å²) in [5.74, 6) is 1.80. The number of hydrogen-bond acceptors (Lipinski definition) is 12. The van der Waals surface area contributed by atoms with Crippen molar-refractivity contribution in [3.8, 4) is 23.3 Å². The van der Waals surface area contributed by atoms with Crippen LogP contribution in [-0.4, -0.2) is 96.8 Å². The van der Waals surface area contributed by atoms with Gasteiger partial charge in [0.1, 0.15) is 35.3 Å². The van der Waals surface area contributed by atoms with Crippen molar-refractivity contribution in [2.75, 3.05) is 43.0 Å². The highest BCUT2D eigenvalue weighted by Crippen LogP contribution is 2.34. The summed E-state index contributed by atoms with van der Waals surface area (Å²) in [6, 6.07) is 11.0. The minimum absolute atomic E-state index is 0.0122. The molecule has 2 fully saturated rings. The second kappa shape index (κ2) is 16.4. The number of carbonyl (C=O) groups excluding carboxylic acids is 4. The quantitative estimate of drug-likeness (QED) is 0.0831. The van der Waals surface area contributed by atoms with Gasteiger partial charge in [0.2, 0.25) is 17.8 Å². The van der Waals surface area contributed by atoms with Crippen molar-refractivity contribution < 1.29 is 37.1 Å². The van der Waals surface area contributed by atoms with Gasteiger partial charge in [0, 0.05) is 39.0 Å². The van der Waals surface area contributed by atoms with Crippen LogP contribution < -0.4 is 25.6 Å². The van der Waals surface area contributed by atoms with E-state index in [9.17, 15) is 23.6 Å². The molecule has 1 atom stereocenters. The number of H-pyrrole nitrogens is 1. The monoisotopic (exact) mass is 831 g/mol. The number of anilines is 2. The van der Waals surface area contributed by atoms with Gasteiger partial charge in [-0.25, -0.2) is 23.1 Å². The smallest absolute Gasteiger partial charge is 0.266 e. The summed E-state index contributed by atoms with van der Waals surface area (Å²) in [7, 11) is 0. The molecule has 3 aliphatic heterocycles. The Kier molecular flexibility index (Phi) is 10.5. The van der Waals surface area contributed by atoms with E-state index >= 15 is 8.78 Å². The Hall–Kier alpha value is -7.33. The zero-order chi connectivity index (χ0) is 42.2. The van der Waals surface area contributed by atoms with Crippen LogP contribution in [0.2, 0.25) is 0 Å². The van der Waals surface area contributed by atoms with Crippen LogP contribution in [-0.2, 0) is 16.1 Å². The number of piperazine rings is 1. The average molecular weight is 832 g/mol. The van der Waals surface area contributed by atoms with Crippen LogP contribution in [0.4, 0.5) is 24.9 Å². The van der Waals surface area contributed by atoms with Gasteiger partial charge in [-0.2, -0.15) is 9.97 Å². The van der Waals surface area contributed by atoms with Crippen molar-refractivity contribution in [1.29, 1.82) is 0 Å². The van der Waals surface area contributed by atoms with Crippen LogP contribution >= 0.6 is 0 Å². The van der Waals surface area contributed by atoms with Crippen molar-refractivity contribution in [2.45, 2.75) is 44.7 Å². The molecule has 4 amide bonds. The van der Waals surface area contributed by atoms with Crippen LogP contribution in [0.25, 0.3) is 27.9 Å². The van der Waals surface area contributed by atoms with Crippen LogP contribution in [0.1, 0.15) is 64.2 Å². The third kappa shape index (κ3) is 7.57. The van der Waals surface area contributed by atoms with Gasteiger partial charge in [-0.05, 0) is 55.7 Å². The summed E-state index contributed by atoms with van der Waals surface area (Å²) in [5, 5.41) is 8.70. The number of imidazole rings is 2. The molecule has 3 aliphatic rings. The molecule has 6 aromatic rings. The van der Waals surface area contributed by atoms with E-state index in [0.29, 0.717) is 66.8 Å². The van der Waals surface area contributed by atoms with Gasteiger partial charge in [0.25, 0.3) is 11.8 Å². The van der Waals surface area contributed by atoms with Crippen molar-refractivity contribution >= 4 is 57.6 Å². The number of aromatic amines is 1. The summed E-state index contributed by atoms with van der Waals surface area (Å²) in [6.45, 7) is 3.06. The van der Waals surface area contributed by atoms with E-state index in [1.807, 2.05) is 4.90 Å². The number of amides is 4. The topological polar surface area (TPSA) is 192 Å². The summed E-state index contributed by atoms with van der Waals surface area (Å²) >= 11 is 0. The van der Waals surface area contributed by atoms with Gasteiger partial charge in [-0.1, -0.05) is 24.0 Å². The lowest BCUT2D eigenvalue weighted by Gasteiger charge is -2.27. The molecule has 0 spiro atoms. The molecule has 310 valence electrons. The number of hydrogen-bond donors (Lipinski definition) is 4. The molecule has 0 saturated carbocycles. The first-order chi connectivity index (χ1) is 29.6. The maximum atomic E-state index is 15.3. The van der Waals surface area contributed by atoms with E-state index in [0.717, 1.165) is 18.0 Å². The fourth-order valence-electron chi connectivity index (χ4n) is 7.57. The number of aromatic nitrogens is 6. The zero-order valence-electron chi connectivity index (χ0n) is 32.4. The normalized spacial score (nSPS) is 16.5. The van der Waals surface area contributed by atoms with E-state index in [-0.39, 0.29) is 59.5 Å². The van der Waals surface area contributed by atoms with Gasteiger partial charge in [-0.15, -0.1) is 0 Å². The molecule has 1 unspecified atom stereocenters. The first kappa shape index (κ1) is 39.1. The third-order valence-corrected chi connectivity index (χ3v) is 10.6. The van der Waals surface area contributed by atoms with Crippen molar-refractivity contribution in [3.63, 3.8) is 0 Å². The predicted molar refractivity (Wildman–Crippen MR) is 214 cm³/mol. The predicted octanol–water partition coefficient (Wildman–Crippen LogP) is 4.13. The number of fused-ring (bicyclic) bond motifs is 3. The number of halogens is 3. The lowest BCUT2D eigenvalue weighted by molar-refractivity contribution is -0.136. The molecule has 0 bridgehead atoms. The Morgan fingerprint density at radius 2 is 1.75 bits per heavy atom. The number of carbonyl (C=O) groups is 4. The van der Waals surface area contributed by atoms with Gasteiger partial charge < -0.3 is 25.3 Å². The minimum atomic E-state index is -1.14. The molecule has 61 heavy (non-hydrogen) atoms. The Morgan fingerprint density at radius 1 is 0.918 bits per heavy atom. The van der Waals surface area contributed by atoms with Gasteiger partial charge in [0.05, 0.1) is 41.0 Å². The highest BCUT2D eigenvalue weighted by molar-refractivity contribution is 6.24. The van der Waals surface area contributed by atoms with Crippen LogP contribution in [0.5, 0.6) is 5.75 Å². The molecular formula is C42H36F3N11O5. The highest BCUT2D eigenvalue weighted by Gasteiger charge is 2.46. The van der Waals surface area contributed by atoms with Crippen LogP contribution in [0.15, 0.2) is 54.9 Å². The van der Waals surface area contributed by atoms with Gasteiger partial charge in [-0.3, -0.25) is 34.0 Å². The molecule has 4 N–H and O–H groups in total. The van der Waals surface area contributed by atoms with Crippen molar-refractivity contribution in [3.05, 3.63) is 94.8 Å². The molecule has 3 aromatic carbocycles. The van der Waals surface area contributed by atoms with Crippen molar-refractivity contribution in [2.24, 2.45) is 0 Å². The minimum Gasteiger partial charge on any atom is -0.493 e. The fraction of sp³-hybridized carbons (Fsp3) is 0.286. The molecular weight excluding hydrogens is 796 g/mol. The van der Waals surface area contributed by atoms with E-state index in [4.69, 9.17) is 14.7 Å². The Bertz CT molecular complexity index is 2830. The average Bonchev–Trinajstić information content (AvgIpc) is 3.96. The molecule has 3 aromatic heterocycles. The Morgan fingerprint density at radius 3 is 2.57 bits per heavy atom. The number of ether oxygens (including phenoxy) is 1. The number of nitrogens with one attached hydrogen (secondary N) is 4. The first-order valence-electron chi connectivity index (χ1n) is 19.7. The van der Waals surface area contributed by atoms with E-state index in [1.165, 1.54) is 24.3 Å². The third-order valence-electron chi connectivity index (χ3n) is 10.6. The number of nitrogens with zero attached hydrogens (tertiary/aromatic N) is 7. The van der Waals surface area contributed by atoms with Gasteiger partial charge >= 0.3 is 0 Å². The van der Waals surface area contributed by atoms with Gasteiger partial charge in [0.15, 0.2) is 28.6 Å². The summed E-state index contributed by atoms with van der Waals surface area (Å²) in [6.07, 6.45) is 2.94. The first-order valence-corrected chi connectivity index (χ1v) is 19.7.